The summed E-state index contributed by atoms with van der Waals surface area (Å²) >= 11 is 5.84. The Labute approximate surface area is 116 Å². The quantitative estimate of drug-likeness (QED) is 0.946. The summed E-state index contributed by atoms with van der Waals surface area (Å²) in [5, 5.41) is 0.197. The molecule has 19 heavy (non-hydrogen) atoms. The Hall–Kier alpha value is -1.85. The third-order valence-corrected chi connectivity index (χ3v) is 4.08. The number of halogens is 1. The van der Waals surface area contributed by atoms with Gasteiger partial charge in [-0.25, -0.2) is 13.1 Å². The summed E-state index contributed by atoms with van der Waals surface area (Å²) in [5.41, 5.74) is 0.115. The van der Waals surface area contributed by atoms with Crippen LogP contribution >= 0.6 is 11.6 Å². The molecule has 1 amide bonds. The molecule has 2 aromatic rings. The molecule has 0 atom stereocenters. The fourth-order valence-electron chi connectivity index (χ4n) is 1.48. The van der Waals surface area contributed by atoms with Crippen LogP contribution in [0.15, 0.2) is 59.5 Å². The van der Waals surface area contributed by atoms with Crippen molar-refractivity contribution in [2.45, 2.75) is 4.90 Å². The molecule has 0 saturated carbocycles. The van der Waals surface area contributed by atoms with Crippen LogP contribution in [0.3, 0.4) is 0 Å². The van der Waals surface area contributed by atoms with Gasteiger partial charge in [-0.05, 0) is 24.3 Å². The van der Waals surface area contributed by atoms with Crippen LogP contribution in [-0.2, 0) is 10.0 Å². The molecule has 0 aromatic heterocycles. The highest BCUT2D eigenvalue weighted by atomic mass is 35.5. The lowest BCUT2D eigenvalue weighted by atomic mass is 10.2. The lowest BCUT2D eigenvalue weighted by molar-refractivity contribution is 0.0981. The number of rotatable bonds is 3. The summed E-state index contributed by atoms with van der Waals surface area (Å²) in [6, 6.07) is 13.9. The van der Waals surface area contributed by atoms with Crippen LogP contribution in [0.25, 0.3) is 0 Å². The second-order valence-electron chi connectivity index (χ2n) is 3.73. The van der Waals surface area contributed by atoms with Gasteiger partial charge in [-0.2, -0.15) is 0 Å². The fourth-order valence-corrected chi connectivity index (χ4v) is 2.69. The van der Waals surface area contributed by atoms with Crippen LogP contribution in [0.4, 0.5) is 0 Å². The van der Waals surface area contributed by atoms with E-state index in [2.05, 4.69) is 0 Å². The minimum absolute atomic E-state index is 0.0235. The van der Waals surface area contributed by atoms with Crippen LogP contribution in [0, 0.1) is 0 Å². The van der Waals surface area contributed by atoms with Crippen molar-refractivity contribution >= 4 is 27.5 Å². The number of benzene rings is 2. The Morgan fingerprint density at radius 1 is 0.947 bits per heavy atom. The van der Waals surface area contributed by atoms with Gasteiger partial charge in [0.1, 0.15) is 0 Å². The Morgan fingerprint density at radius 3 is 2.16 bits per heavy atom. The number of carbonyl (C=O) groups excluding carboxylic acids is 1. The highest BCUT2D eigenvalue weighted by Gasteiger charge is 2.19. The molecule has 98 valence electrons. The van der Waals surface area contributed by atoms with Crippen molar-refractivity contribution in [1.82, 2.24) is 4.72 Å². The van der Waals surface area contributed by atoms with Crippen molar-refractivity contribution in [1.29, 1.82) is 0 Å². The number of sulfonamides is 1. The van der Waals surface area contributed by atoms with Crippen LogP contribution in [0.1, 0.15) is 10.4 Å². The summed E-state index contributed by atoms with van der Waals surface area (Å²) in [6.07, 6.45) is 0. The van der Waals surface area contributed by atoms with E-state index in [9.17, 15) is 13.2 Å². The average molecular weight is 296 g/mol. The Bertz CT molecular complexity index is 699. The van der Waals surface area contributed by atoms with Crippen LogP contribution in [0.2, 0.25) is 5.02 Å². The number of hydrogen-bond acceptors (Lipinski definition) is 3. The molecule has 0 saturated heterocycles. The standard InChI is InChI=1S/C13H10ClNO3S/c14-12-9-5-4-8-11(12)13(16)15-19(17,18)10-6-2-1-3-7-10/h1-9H,(H,15,16). The maximum absolute atomic E-state index is 12.0. The molecule has 0 aliphatic carbocycles. The first-order chi connectivity index (χ1) is 9.00. The van der Waals surface area contributed by atoms with E-state index in [1.807, 2.05) is 4.72 Å². The molecule has 4 nitrogen and oxygen atoms in total. The van der Waals surface area contributed by atoms with Gasteiger partial charge in [0.15, 0.2) is 0 Å². The predicted octanol–water partition coefficient (Wildman–Crippen LogP) is 2.46. The second kappa shape index (κ2) is 5.42. The third kappa shape index (κ3) is 3.13. The van der Waals surface area contributed by atoms with Crippen LogP contribution in [-0.4, -0.2) is 14.3 Å². The summed E-state index contributed by atoms with van der Waals surface area (Å²) in [7, 11) is -3.88. The zero-order valence-corrected chi connectivity index (χ0v) is 11.3. The zero-order chi connectivity index (χ0) is 13.9. The molecule has 2 aromatic carbocycles. The molecule has 0 heterocycles. The zero-order valence-electron chi connectivity index (χ0n) is 9.71. The topological polar surface area (TPSA) is 63.2 Å². The number of amides is 1. The molecule has 0 spiro atoms. The van der Waals surface area contributed by atoms with Crippen molar-refractivity contribution in [3.05, 3.63) is 65.2 Å². The van der Waals surface area contributed by atoms with Gasteiger partial charge in [-0.15, -0.1) is 0 Å². The third-order valence-electron chi connectivity index (χ3n) is 2.40. The number of nitrogens with one attached hydrogen (secondary N) is 1. The lowest BCUT2D eigenvalue weighted by Crippen LogP contribution is -2.30. The van der Waals surface area contributed by atoms with Gasteiger partial charge in [-0.3, -0.25) is 4.79 Å². The molecule has 6 heteroatoms. The molecule has 2 rings (SSSR count). The molecule has 0 aliphatic heterocycles. The van der Waals surface area contributed by atoms with Crippen molar-refractivity contribution in [2.75, 3.05) is 0 Å². The van der Waals surface area contributed by atoms with Crippen molar-refractivity contribution < 1.29 is 13.2 Å². The normalized spacial score (nSPS) is 11.0. The van der Waals surface area contributed by atoms with E-state index in [1.165, 1.54) is 24.3 Å². The molecule has 0 bridgehead atoms. The lowest BCUT2D eigenvalue weighted by Gasteiger charge is -2.07. The molecule has 0 fully saturated rings. The largest absolute Gasteiger partial charge is 0.268 e. The van der Waals surface area contributed by atoms with Gasteiger partial charge in [0.05, 0.1) is 15.5 Å². The van der Waals surface area contributed by atoms with Gasteiger partial charge in [0.2, 0.25) is 0 Å². The first-order valence-electron chi connectivity index (χ1n) is 5.37. The predicted molar refractivity (Wildman–Crippen MR) is 72.5 cm³/mol. The SMILES string of the molecule is O=C(NS(=O)(=O)c1ccccc1)c1ccccc1Cl. The fraction of sp³-hybridized carbons (Fsp3) is 0. The molecule has 0 unspecified atom stereocenters. The maximum Gasteiger partial charge on any atom is 0.266 e. The van der Waals surface area contributed by atoms with Gasteiger partial charge >= 0.3 is 0 Å². The number of hydrogen-bond donors (Lipinski definition) is 1. The van der Waals surface area contributed by atoms with Gasteiger partial charge in [-0.1, -0.05) is 41.9 Å². The number of carbonyl (C=O) groups is 1. The van der Waals surface area contributed by atoms with Crippen molar-refractivity contribution in [2.24, 2.45) is 0 Å². The minimum atomic E-state index is -3.88. The summed E-state index contributed by atoms with van der Waals surface area (Å²) in [6.45, 7) is 0. The monoisotopic (exact) mass is 295 g/mol. The molecular formula is C13H10ClNO3S. The van der Waals surface area contributed by atoms with Crippen LogP contribution in [0.5, 0.6) is 0 Å². The van der Waals surface area contributed by atoms with Gasteiger partial charge < -0.3 is 0 Å². The summed E-state index contributed by atoms with van der Waals surface area (Å²) in [4.78, 5) is 11.9. The molecule has 0 aliphatic rings. The van der Waals surface area contributed by atoms with E-state index in [0.29, 0.717) is 0 Å². The molecule has 1 N–H and O–H groups in total. The van der Waals surface area contributed by atoms with Gasteiger partial charge in [0.25, 0.3) is 15.9 Å². The maximum atomic E-state index is 12.0. The van der Waals surface area contributed by atoms with Crippen molar-refractivity contribution in [3.8, 4) is 0 Å². The average Bonchev–Trinajstić information content (AvgIpc) is 2.39. The highest BCUT2D eigenvalue weighted by Crippen LogP contribution is 2.16. The summed E-state index contributed by atoms with van der Waals surface area (Å²) < 4.78 is 25.9. The molecular weight excluding hydrogens is 286 g/mol. The Balaban J connectivity index is 2.27. The first kappa shape index (κ1) is 13.6. The smallest absolute Gasteiger partial charge is 0.266 e. The van der Waals surface area contributed by atoms with Crippen LogP contribution < -0.4 is 4.72 Å². The molecule has 0 radical (unpaired) electrons. The van der Waals surface area contributed by atoms with Gasteiger partial charge in [0, 0.05) is 0 Å². The van der Waals surface area contributed by atoms with E-state index >= 15 is 0 Å². The Morgan fingerprint density at radius 2 is 1.53 bits per heavy atom. The highest BCUT2D eigenvalue weighted by molar-refractivity contribution is 7.90. The van der Waals surface area contributed by atoms with E-state index < -0.39 is 15.9 Å². The minimum Gasteiger partial charge on any atom is -0.268 e. The first-order valence-corrected chi connectivity index (χ1v) is 7.23. The second-order valence-corrected chi connectivity index (χ2v) is 5.82. The van der Waals surface area contributed by atoms with E-state index in [4.69, 9.17) is 11.6 Å². The van der Waals surface area contributed by atoms with E-state index in [1.54, 1.807) is 30.3 Å². The Kier molecular flexibility index (Phi) is 3.87. The van der Waals surface area contributed by atoms with E-state index in [-0.39, 0.29) is 15.5 Å². The van der Waals surface area contributed by atoms with Crippen molar-refractivity contribution in [3.63, 3.8) is 0 Å². The van der Waals surface area contributed by atoms with E-state index in [0.717, 1.165) is 0 Å². The summed E-state index contributed by atoms with van der Waals surface area (Å²) in [5.74, 6) is -0.755.